The lowest BCUT2D eigenvalue weighted by Gasteiger charge is -2.19. The number of nitrogens with zero attached hydrogens (tertiary/aromatic N) is 1. The van der Waals surface area contributed by atoms with E-state index >= 15 is 0 Å². The standard InChI is InChI=1S/C16H21N3O/c1-2-20-16-8-4-3-7-14(16)15(19-17)10-9-13-6-5-11-18-12-13/h3-8,11-12,15,19H,2,9-10,17H2,1H3. The molecule has 1 aromatic heterocycles. The highest BCUT2D eigenvalue weighted by Gasteiger charge is 2.14. The van der Waals surface area contributed by atoms with E-state index in [-0.39, 0.29) is 6.04 Å². The van der Waals surface area contributed by atoms with Crippen LogP contribution in [0.4, 0.5) is 0 Å². The molecule has 1 heterocycles. The zero-order chi connectivity index (χ0) is 14.2. The van der Waals surface area contributed by atoms with E-state index in [4.69, 9.17) is 10.6 Å². The second-order valence-corrected chi connectivity index (χ2v) is 4.59. The monoisotopic (exact) mass is 271 g/mol. The Kier molecular flexibility index (Phi) is 5.53. The van der Waals surface area contributed by atoms with E-state index in [1.807, 2.05) is 37.4 Å². The first kappa shape index (κ1) is 14.5. The van der Waals surface area contributed by atoms with Crippen molar-refractivity contribution in [2.75, 3.05) is 6.61 Å². The SMILES string of the molecule is CCOc1ccccc1C(CCc1cccnc1)NN. The predicted molar refractivity (Wildman–Crippen MR) is 80.2 cm³/mol. The summed E-state index contributed by atoms with van der Waals surface area (Å²) < 4.78 is 5.66. The van der Waals surface area contributed by atoms with E-state index in [1.165, 1.54) is 5.56 Å². The Morgan fingerprint density at radius 3 is 2.80 bits per heavy atom. The van der Waals surface area contributed by atoms with E-state index in [1.54, 1.807) is 6.20 Å². The van der Waals surface area contributed by atoms with Gasteiger partial charge in [0, 0.05) is 24.0 Å². The summed E-state index contributed by atoms with van der Waals surface area (Å²) >= 11 is 0. The molecule has 20 heavy (non-hydrogen) atoms. The lowest BCUT2D eigenvalue weighted by atomic mass is 9.99. The maximum atomic E-state index is 5.71. The first-order valence-electron chi connectivity index (χ1n) is 6.92. The molecule has 0 radical (unpaired) electrons. The number of nitrogens with one attached hydrogen (secondary N) is 1. The number of ether oxygens (including phenoxy) is 1. The number of nitrogens with two attached hydrogens (primary N) is 1. The minimum atomic E-state index is 0.0676. The van der Waals surface area contributed by atoms with Crippen molar-refractivity contribution in [3.63, 3.8) is 0 Å². The fourth-order valence-electron chi connectivity index (χ4n) is 2.24. The summed E-state index contributed by atoms with van der Waals surface area (Å²) in [5, 5.41) is 0. The van der Waals surface area contributed by atoms with Crippen LogP contribution < -0.4 is 16.0 Å². The summed E-state index contributed by atoms with van der Waals surface area (Å²) in [7, 11) is 0. The van der Waals surface area contributed by atoms with Gasteiger partial charge in [0.05, 0.1) is 6.61 Å². The Morgan fingerprint density at radius 2 is 2.10 bits per heavy atom. The van der Waals surface area contributed by atoms with Gasteiger partial charge in [0.25, 0.3) is 0 Å². The van der Waals surface area contributed by atoms with Gasteiger partial charge in [0.15, 0.2) is 0 Å². The lowest BCUT2D eigenvalue weighted by molar-refractivity contribution is 0.330. The molecule has 4 nitrogen and oxygen atoms in total. The van der Waals surface area contributed by atoms with Crippen molar-refractivity contribution in [1.29, 1.82) is 0 Å². The average Bonchev–Trinajstić information content (AvgIpc) is 2.51. The molecule has 0 amide bonds. The second kappa shape index (κ2) is 7.62. The third-order valence-corrected chi connectivity index (χ3v) is 3.24. The molecule has 0 fully saturated rings. The number of rotatable bonds is 7. The van der Waals surface area contributed by atoms with Crippen molar-refractivity contribution in [2.24, 2.45) is 5.84 Å². The maximum Gasteiger partial charge on any atom is 0.124 e. The number of hydrogen-bond donors (Lipinski definition) is 2. The van der Waals surface area contributed by atoms with Gasteiger partial charge in [-0.2, -0.15) is 0 Å². The van der Waals surface area contributed by atoms with Crippen LogP contribution in [0.25, 0.3) is 0 Å². The van der Waals surface area contributed by atoms with Gasteiger partial charge in [-0.15, -0.1) is 0 Å². The molecular formula is C16H21N3O. The van der Waals surface area contributed by atoms with Gasteiger partial charge >= 0.3 is 0 Å². The number of pyridine rings is 1. The molecular weight excluding hydrogens is 250 g/mol. The zero-order valence-electron chi connectivity index (χ0n) is 11.8. The molecule has 0 saturated heterocycles. The average molecular weight is 271 g/mol. The van der Waals surface area contributed by atoms with Gasteiger partial charge in [-0.25, -0.2) is 0 Å². The van der Waals surface area contributed by atoms with Crippen molar-refractivity contribution in [2.45, 2.75) is 25.8 Å². The number of para-hydroxylation sites is 1. The molecule has 1 unspecified atom stereocenters. The second-order valence-electron chi connectivity index (χ2n) is 4.59. The third kappa shape index (κ3) is 3.79. The highest BCUT2D eigenvalue weighted by atomic mass is 16.5. The summed E-state index contributed by atoms with van der Waals surface area (Å²) in [5.74, 6) is 6.61. The molecule has 0 aliphatic rings. The maximum absolute atomic E-state index is 5.71. The minimum absolute atomic E-state index is 0.0676. The number of benzene rings is 1. The Morgan fingerprint density at radius 1 is 1.25 bits per heavy atom. The quantitative estimate of drug-likeness (QED) is 0.600. The Labute approximate surface area is 120 Å². The Bertz CT molecular complexity index is 516. The highest BCUT2D eigenvalue weighted by Crippen LogP contribution is 2.27. The van der Waals surface area contributed by atoms with Crippen LogP contribution in [-0.4, -0.2) is 11.6 Å². The van der Waals surface area contributed by atoms with Gasteiger partial charge in [0.2, 0.25) is 0 Å². The van der Waals surface area contributed by atoms with Crippen molar-refractivity contribution >= 4 is 0 Å². The van der Waals surface area contributed by atoms with Gasteiger partial charge in [-0.3, -0.25) is 16.3 Å². The van der Waals surface area contributed by atoms with Crippen LogP contribution >= 0.6 is 0 Å². The zero-order valence-corrected chi connectivity index (χ0v) is 11.8. The first-order chi connectivity index (χ1) is 9.85. The molecule has 2 rings (SSSR count). The van der Waals surface area contributed by atoms with E-state index < -0.39 is 0 Å². The van der Waals surface area contributed by atoms with Crippen LogP contribution in [0.3, 0.4) is 0 Å². The van der Waals surface area contributed by atoms with E-state index in [0.717, 1.165) is 24.2 Å². The first-order valence-corrected chi connectivity index (χ1v) is 6.92. The van der Waals surface area contributed by atoms with Crippen molar-refractivity contribution < 1.29 is 4.74 Å². The largest absolute Gasteiger partial charge is 0.494 e. The summed E-state index contributed by atoms with van der Waals surface area (Å²) in [6, 6.07) is 12.1. The van der Waals surface area contributed by atoms with Crippen LogP contribution in [0.15, 0.2) is 48.8 Å². The number of hydrogen-bond acceptors (Lipinski definition) is 4. The summed E-state index contributed by atoms with van der Waals surface area (Å²) in [5.41, 5.74) is 5.19. The van der Waals surface area contributed by atoms with E-state index in [0.29, 0.717) is 6.61 Å². The van der Waals surface area contributed by atoms with Crippen molar-refractivity contribution in [1.82, 2.24) is 10.4 Å². The van der Waals surface area contributed by atoms with Crippen LogP contribution in [0.2, 0.25) is 0 Å². The Hall–Kier alpha value is -1.91. The summed E-state index contributed by atoms with van der Waals surface area (Å²) in [6.45, 7) is 2.63. The number of hydrazine groups is 1. The normalized spacial score (nSPS) is 12.1. The van der Waals surface area contributed by atoms with Gasteiger partial charge < -0.3 is 4.74 Å². The number of aryl methyl sites for hydroxylation is 1. The van der Waals surface area contributed by atoms with Gasteiger partial charge in [-0.1, -0.05) is 24.3 Å². The molecule has 0 saturated carbocycles. The summed E-state index contributed by atoms with van der Waals surface area (Å²) in [6.07, 6.45) is 5.49. The van der Waals surface area contributed by atoms with E-state index in [9.17, 15) is 0 Å². The van der Waals surface area contributed by atoms with E-state index in [2.05, 4.69) is 22.5 Å². The minimum Gasteiger partial charge on any atom is -0.494 e. The smallest absolute Gasteiger partial charge is 0.124 e. The Balaban J connectivity index is 2.08. The lowest BCUT2D eigenvalue weighted by Crippen LogP contribution is -2.28. The molecule has 106 valence electrons. The molecule has 0 aliphatic heterocycles. The van der Waals surface area contributed by atoms with Crippen LogP contribution in [0.1, 0.15) is 30.5 Å². The molecule has 1 aromatic carbocycles. The molecule has 0 bridgehead atoms. The fourth-order valence-corrected chi connectivity index (χ4v) is 2.24. The van der Waals surface area contributed by atoms with Crippen LogP contribution in [0.5, 0.6) is 5.75 Å². The highest BCUT2D eigenvalue weighted by molar-refractivity contribution is 5.36. The molecule has 0 aliphatic carbocycles. The molecule has 1 atom stereocenters. The topological polar surface area (TPSA) is 60.2 Å². The van der Waals surface area contributed by atoms with Crippen molar-refractivity contribution in [3.8, 4) is 5.75 Å². The number of aromatic nitrogens is 1. The molecule has 2 aromatic rings. The molecule has 0 spiro atoms. The molecule has 3 N–H and O–H groups in total. The van der Waals surface area contributed by atoms with Crippen LogP contribution in [-0.2, 0) is 6.42 Å². The van der Waals surface area contributed by atoms with Crippen LogP contribution in [0, 0.1) is 0 Å². The van der Waals surface area contributed by atoms with Gasteiger partial charge in [-0.05, 0) is 37.5 Å². The predicted octanol–water partition coefficient (Wildman–Crippen LogP) is 2.62. The van der Waals surface area contributed by atoms with Crippen molar-refractivity contribution in [3.05, 3.63) is 59.9 Å². The third-order valence-electron chi connectivity index (χ3n) is 3.24. The fraction of sp³-hybridized carbons (Fsp3) is 0.312. The molecule has 4 heteroatoms. The summed E-state index contributed by atoms with van der Waals surface area (Å²) in [4.78, 5) is 4.13. The van der Waals surface area contributed by atoms with Gasteiger partial charge in [0.1, 0.15) is 5.75 Å².